The van der Waals surface area contributed by atoms with Crippen LogP contribution in [0.25, 0.3) is 0 Å². The molecule has 0 bridgehead atoms. The lowest BCUT2D eigenvalue weighted by atomic mass is 10.1. The molecule has 1 aromatic carbocycles. The lowest BCUT2D eigenvalue weighted by Crippen LogP contribution is -2.24. The number of aryl methyl sites for hydroxylation is 1. The molecule has 2 aromatic rings. The van der Waals surface area contributed by atoms with Gasteiger partial charge in [-0.2, -0.15) is 0 Å². The first-order valence-electron chi connectivity index (χ1n) is 6.26. The number of benzene rings is 1. The van der Waals surface area contributed by atoms with Crippen molar-refractivity contribution < 1.29 is 4.39 Å². The summed E-state index contributed by atoms with van der Waals surface area (Å²) in [5.41, 5.74) is 1.93. The first kappa shape index (κ1) is 13.2. The SMILES string of the molecule is Cc1csc(C(NC2CC2)c2cc(F)ccc2Br)n1. The molecule has 1 aliphatic carbocycles. The van der Waals surface area contributed by atoms with Gasteiger partial charge < -0.3 is 5.32 Å². The quantitative estimate of drug-likeness (QED) is 0.902. The van der Waals surface area contributed by atoms with E-state index < -0.39 is 0 Å². The van der Waals surface area contributed by atoms with Crippen molar-refractivity contribution in [3.05, 3.63) is 50.1 Å². The topological polar surface area (TPSA) is 24.9 Å². The van der Waals surface area contributed by atoms with Crippen LogP contribution in [0.15, 0.2) is 28.1 Å². The third-order valence-electron chi connectivity index (χ3n) is 3.13. The van der Waals surface area contributed by atoms with Gasteiger partial charge in [0.1, 0.15) is 10.8 Å². The molecular weight excluding hydrogens is 327 g/mol. The highest BCUT2D eigenvalue weighted by Gasteiger charge is 2.29. The molecule has 1 unspecified atom stereocenters. The van der Waals surface area contributed by atoms with Crippen molar-refractivity contribution in [2.75, 3.05) is 0 Å². The summed E-state index contributed by atoms with van der Waals surface area (Å²) in [6.45, 7) is 1.98. The van der Waals surface area contributed by atoms with E-state index in [0.717, 1.165) is 20.7 Å². The third kappa shape index (κ3) is 3.04. The summed E-state index contributed by atoms with van der Waals surface area (Å²) in [5.74, 6) is -0.214. The fourth-order valence-electron chi connectivity index (χ4n) is 2.02. The molecule has 3 rings (SSSR count). The Bertz CT molecular complexity index is 595. The molecule has 19 heavy (non-hydrogen) atoms. The molecule has 1 heterocycles. The van der Waals surface area contributed by atoms with Crippen LogP contribution >= 0.6 is 27.3 Å². The maximum absolute atomic E-state index is 13.5. The highest BCUT2D eigenvalue weighted by atomic mass is 79.9. The number of thiazole rings is 1. The Morgan fingerprint density at radius 2 is 2.26 bits per heavy atom. The summed E-state index contributed by atoms with van der Waals surface area (Å²) in [6.07, 6.45) is 2.38. The maximum atomic E-state index is 13.5. The second kappa shape index (κ2) is 5.31. The van der Waals surface area contributed by atoms with Crippen LogP contribution < -0.4 is 5.32 Å². The van der Waals surface area contributed by atoms with Gasteiger partial charge in [0.2, 0.25) is 0 Å². The fourth-order valence-corrected chi connectivity index (χ4v) is 3.37. The zero-order chi connectivity index (χ0) is 13.4. The number of rotatable bonds is 4. The van der Waals surface area contributed by atoms with Crippen LogP contribution in [0, 0.1) is 12.7 Å². The number of aromatic nitrogens is 1. The Balaban J connectivity index is 2.00. The van der Waals surface area contributed by atoms with Crippen molar-refractivity contribution in [3.8, 4) is 0 Å². The molecule has 1 N–H and O–H groups in total. The second-order valence-corrected chi connectivity index (χ2v) is 6.61. The maximum Gasteiger partial charge on any atom is 0.123 e. The smallest absolute Gasteiger partial charge is 0.123 e. The van der Waals surface area contributed by atoms with Gasteiger partial charge in [-0.1, -0.05) is 15.9 Å². The van der Waals surface area contributed by atoms with Gasteiger partial charge >= 0.3 is 0 Å². The number of hydrogen-bond donors (Lipinski definition) is 1. The highest BCUT2D eigenvalue weighted by molar-refractivity contribution is 9.10. The standard InChI is InChI=1S/C14H14BrFN2S/c1-8-7-19-14(17-8)13(18-10-3-4-10)11-6-9(16)2-5-12(11)15/h2,5-7,10,13,18H,3-4H2,1H3. The van der Waals surface area contributed by atoms with Gasteiger partial charge in [0, 0.05) is 21.6 Å². The Kier molecular flexibility index (Phi) is 3.69. The normalized spacial score (nSPS) is 16.6. The molecule has 2 nitrogen and oxygen atoms in total. The van der Waals surface area contributed by atoms with Gasteiger partial charge in [-0.25, -0.2) is 9.37 Å². The Labute approximate surface area is 124 Å². The molecule has 0 saturated heterocycles. The van der Waals surface area contributed by atoms with Gasteiger partial charge in [-0.3, -0.25) is 0 Å². The number of nitrogens with one attached hydrogen (secondary N) is 1. The van der Waals surface area contributed by atoms with E-state index in [4.69, 9.17) is 0 Å². The van der Waals surface area contributed by atoms with Gasteiger partial charge in [-0.15, -0.1) is 11.3 Å². The molecule has 1 saturated carbocycles. The van der Waals surface area contributed by atoms with Gasteiger partial charge in [0.05, 0.1) is 6.04 Å². The molecule has 0 amide bonds. The van der Waals surface area contributed by atoms with E-state index in [-0.39, 0.29) is 11.9 Å². The van der Waals surface area contributed by atoms with Crippen molar-refractivity contribution in [2.45, 2.75) is 31.8 Å². The molecule has 5 heteroatoms. The second-order valence-electron chi connectivity index (χ2n) is 4.87. The van der Waals surface area contributed by atoms with Crippen molar-refractivity contribution in [1.29, 1.82) is 0 Å². The molecule has 1 fully saturated rings. The summed E-state index contributed by atoms with van der Waals surface area (Å²) in [7, 11) is 0. The predicted octanol–water partition coefficient (Wildman–Crippen LogP) is 4.19. The van der Waals surface area contributed by atoms with Crippen LogP contribution in [-0.4, -0.2) is 11.0 Å². The van der Waals surface area contributed by atoms with Crippen molar-refractivity contribution in [1.82, 2.24) is 10.3 Å². The van der Waals surface area contributed by atoms with E-state index in [1.54, 1.807) is 23.5 Å². The molecule has 1 aliphatic rings. The zero-order valence-electron chi connectivity index (χ0n) is 10.5. The minimum absolute atomic E-state index is 0.0312. The lowest BCUT2D eigenvalue weighted by Gasteiger charge is -2.18. The Hall–Kier alpha value is -0.780. The van der Waals surface area contributed by atoms with E-state index in [0.29, 0.717) is 6.04 Å². The lowest BCUT2D eigenvalue weighted by molar-refractivity contribution is 0.582. The number of hydrogen-bond acceptors (Lipinski definition) is 3. The van der Waals surface area contributed by atoms with Crippen LogP contribution in [0.5, 0.6) is 0 Å². The average Bonchev–Trinajstić information content (AvgIpc) is 3.10. The van der Waals surface area contributed by atoms with E-state index >= 15 is 0 Å². The fraction of sp³-hybridized carbons (Fsp3) is 0.357. The predicted molar refractivity (Wildman–Crippen MR) is 79.0 cm³/mol. The first-order chi connectivity index (χ1) is 9.13. The van der Waals surface area contributed by atoms with E-state index in [1.807, 2.05) is 12.3 Å². The Morgan fingerprint density at radius 1 is 1.47 bits per heavy atom. The highest BCUT2D eigenvalue weighted by Crippen LogP contribution is 2.34. The van der Waals surface area contributed by atoms with Crippen molar-refractivity contribution in [2.24, 2.45) is 0 Å². The van der Waals surface area contributed by atoms with Gasteiger partial charge in [0.15, 0.2) is 0 Å². The van der Waals surface area contributed by atoms with Crippen LogP contribution in [-0.2, 0) is 0 Å². The number of halogens is 2. The molecular formula is C14H14BrFN2S. The van der Waals surface area contributed by atoms with E-state index in [9.17, 15) is 4.39 Å². The largest absolute Gasteiger partial charge is 0.301 e. The minimum atomic E-state index is -0.214. The summed E-state index contributed by atoms with van der Waals surface area (Å²) in [6, 6.07) is 5.31. The summed E-state index contributed by atoms with van der Waals surface area (Å²) < 4.78 is 14.4. The minimum Gasteiger partial charge on any atom is -0.301 e. The summed E-state index contributed by atoms with van der Waals surface area (Å²) in [4.78, 5) is 4.55. The van der Waals surface area contributed by atoms with Crippen LogP contribution in [0.4, 0.5) is 4.39 Å². The van der Waals surface area contributed by atoms with E-state index in [2.05, 4.69) is 26.2 Å². The van der Waals surface area contributed by atoms with Gasteiger partial charge in [-0.05, 0) is 43.5 Å². The third-order valence-corrected chi connectivity index (χ3v) is 4.88. The van der Waals surface area contributed by atoms with Gasteiger partial charge in [0.25, 0.3) is 0 Å². The first-order valence-corrected chi connectivity index (χ1v) is 7.94. The number of nitrogens with zero attached hydrogens (tertiary/aromatic N) is 1. The molecule has 1 atom stereocenters. The molecule has 0 radical (unpaired) electrons. The summed E-state index contributed by atoms with van der Waals surface area (Å²) in [5, 5.41) is 6.58. The molecule has 100 valence electrons. The average molecular weight is 341 g/mol. The van der Waals surface area contributed by atoms with Crippen LogP contribution in [0.3, 0.4) is 0 Å². The Morgan fingerprint density at radius 3 is 2.89 bits per heavy atom. The molecule has 0 spiro atoms. The monoisotopic (exact) mass is 340 g/mol. The molecule has 0 aliphatic heterocycles. The zero-order valence-corrected chi connectivity index (χ0v) is 12.9. The van der Waals surface area contributed by atoms with E-state index in [1.165, 1.54) is 18.9 Å². The summed E-state index contributed by atoms with van der Waals surface area (Å²) >= 11 is 5.14. The van der Waals surface area contributed by atoms with Crippen LogP contribution in [0.1, 0.15) is 35.1 Å². The van der Waals surface area contributed by atoms with Crippen molar-refractivity contribution >= 4 is 27.3 Å². The van der Waals surface area contributed by atoms with Crippen LogP contribution in [0.2, 0.25) is 0 Å². The molecule has 1 aromatic heterocycles. The van der Waals surface area contributed by atoms with Crippen molar-refractivity contribution in [3.63, 3.8) is 0 Å².